The number of alkyl halides is 1. The second-order valence-corrected chi connectivity index (χ2v) is 9.77. The highest BCUT2D eigenvalue weighted by atomic mass is 19.1. The molecular weight excluding hydrogens is 442 g/mol. The minimum atomic E-state index is -2.28. The zero-order valence-corrected chi connectivity index (χ0v) is 19.2. The first-order chi connectivity index (χ1) is 16.1. The molecule has 1 aliphatic rings. The van der Waals surface area contributed by atoms with E-state index in [1.165, 1.54) is 12.1 Å². The number of fused-ring (bicyclic) bond motifs is 2. The number of nitrogens with zero attached hydrogens (tertiary/aromatic N) is 3. The molecule has 0 amide bonds. The summed E-state index contributed by atoms with van der Waals surface area (Å²) in [5.74, 6) is -2.14. The molecule has 2 N–H and O–H groups in total. The summed E-state index contributed by atoms with van der Waals surface area (Å²) in [7, 11) is 1.62. The molecular formula is C25H26F2N4O3. The maximum Gasteiger partial charge on any atom is 0.341 e. The Kier molecular flexibility index (Phi) is 5.20. The summed E-state index contributed by atoms with van der Waals surface area (Å²) in [5.41, 5.74) is 1.56. The summed E-state index contributed by atoms with van der Waals surface area (Å²) in [6.45, 7) is 4.41. The standard InChI is InChI=1S/C25H26F2N4O3/c1-24(2,13-34-3)21-19(14-8-9-25(27,11-14)23(32)33)20-18(10-15-12-28-30-22(15)29-20)31(21)17-6-4-16(26)5-7-17/h4-7,10,12,14H,8-9,11,13H2,1-3H3,(H,32,33)(H,28,29,30)/t14-,25+/m1/s1. The van der Waals surface area contributed by atoms with Gasteiger partial charge in [0.1, 0.15) is 5.82 Å². The average molecular weight is 469 g/mol. The molecule has 0 radical (unpaired) electrons. The molecule has 1 aliphatic carbocycles. The van der Waals surface area contributed by atoms with E-state index in [1.807, 2.05) is 24.5 Å². The van der Waals surface area contributed by atoms with Crippen LogP contribution < -0.4 is 0 Å². The van der Waals surface area contributed by atoms with Crippen molar-refractivity contribution in [2.75, 3.05) is 13.7 Å². The number of nitrogens with one attached hydrogen (secondary N) is 1. The molecule has 3 aromatic heterocycles. The van der Waals surface area contributed by atoms with Crippen LogP contribution in [-0.2, 0) is 14.9 Å². The van der Waals surface area contributed by atoms with Gasteiger partial charge in [0.15, 0.2) is 5.65 Å². The zero-order chi connectivity index (χ0) is 24.3. The van der Waals surface area contributed by atoms with Gasteiger partial charge in [-0.2, -0.15) is 5.10 Å². The molecule has 0 unspecified atom stereocenters. The number of methoxy groups -OCH3 is 1. The van der Waals surface area contributed by atoms with Crippen LogP contribution in [0.3, 0.4) is 0 Å². The predicted molar refractivity (Wildman–Crippen MR) is 124 cm³/mol. The van der Waals surface area contributed by atoms with E-state index in [-0.39, 0.29) is 24.6 Å². The van der Waals surface area contributed by atoms with Crippen molar-refractivity contribution in [2.45, 2.75) is 50.1 Å². The highest BCUT2D eigenvalue weighted by molar-refractivity contribution is 5.94. The number of carbonyl (C=O) groups is 1. The largest absolute Gasteiger partial charge is 0.479 e. The smallest absolute Gasteiger partial charge is 0.341 e. The molecule has 0 spiro atoms. The third-order valence-electron chi connectivity index (χ3n) is 6.86. The van der Waals surface area contributed by atoms with Crippen molar-refractivity contribution in [1.29, 1.82) is 0 Å². The fraction of sp³-hybridized carbons (Fsp3) is 0.400. The summed E-state index contributed by atoms with van der Waals surface area (Å²) in [5, 5.41) is 17.3. The normalized spacial score (nSPS) is 21.0. The van der Waals surface area contributed by atoms with Crippen LogP contribution in [-0.4, -0.2) is 50.2 Å². The van der Waals surface area contributed by atoms with Gasteiger partial charge in [-0.05, 0) is 55.5 Å². The minimum absolute atomic E-state index is 0.0628. The molecule has 3 heterocycles. The lowest BCUT2D eigenvalue weighted by molar-refractivity contribution is -0.150. The number of aromatic amines is 1. The summed E-state index contributed by atoms with van der Waals surface area (Å²) >= 11 is 0. The van der Waals surface area contributed by atoms with Gasteiger partial charge in [-0.25, -0.2) is 18.6 Å². The number of benzene rings is 1. The number of halogens is 2. The summed E-state index contributed by atoms with van der Waals surface area (Å²) in [4.78, 5) is 16.5. The van der Waals surface area contributed by atoms with E-state index in [9.17, 15) is 14.3 Å². The van der Waals surface area contributed by atoms with Crippen LogP contribution in [0.15, 0.2) is 36.5 Å². The molecule has 1 aromatic carbocycles. The number of pyridine rings is 1. The third kappa shape index (κ3) is 3.46. The molecule has 5 rings (SSSR count). The second-order valence-electron chi connectivity index (χ2n) is 9.77. The van der Waals surface area contributed by atoms with E-state index >= 15 is 4.39 Å². The van der Waals surface area contributed by atoms with Gasteiger partial charge in [0, 0.05) is 34.9 Å². The van der Waals surface area contributed by atoms with Crippen molar-refractivity contribution >= 4 is 28.0 Å². The van der Waals surface area contributed by atoms with Crippen molar-refractivity contribution in [1.82, 2.24) is 19.7 Å². The topological polar surface area (TPSA) is 93.0 Å². The Hall–Kier alpha value is -3.33. The van der Waals surface area contributed by atoms with E-state index in [1.54, 1.807) is 25.4 Å². The van der Waals surface area contributed by atoms with Crippen molar-refractivity contribution in [3.63, 3.8) is 0 Å². The number of H-pyrrole nitrogens is 1. The number of carboxylic acid groups (broad SMARTS) is 1. The second kappa shape index (κ2) is 7.87. The Balaban J connectivity index is 1.87. The SMILES string of the molecule is COCC(C)(C)c1c([C@@H]2CC[C@@](F)(C(=O)O)C2)c2nc3[nH]ncc3cc2n1-c1ccc(F)cc1. The highest BCUT2D eigenvalue weighted by Crippen LogP contribution is 2.50. The summed E-state index contributed by atoms with van der Waals surface area (Å²) in [6, 6.07) is 8.12. The molecule has 0 bridgehead atoms. The fourth-order valence-corrected chi connectivity index (χ4v) is 5.37. The Bertz CT molecular complexity index is 1390. The number of aromatic nitrogens is 4. The lowest BCUT2D eigenvalue weighted by Gasteiger charge is -2.29. The molecule has 9 heteroatoms. The monoisotopic (exact) mass is 468 g/mol. The number of ether oxygens (including phenoxy) is 1. The number of hydrogen-bond acceptors (Lipinski definition) is 4. The quantitative estimate of drug-likeness (QED) is 0.414. The van der Waals surface area contributed by atoms with E-state index in [0.29, 0.717) is 24.2 Å². The lowest BCUT2D eigenvalue weighted by atomic mass is 9.82. The first kappa shape index (κ1) is 22.5. The van der Waals surface area contributed by atoms with Crippen LogP contribution >= 0.6 is 0 Å². The van der Waals surface area contributed by atoms with Gasteiger partial charge in [0.05, 0.1) is 23.8 Å². The van der Waals surface area contributed by atoms with Gasteiger partial charge in [-0.15, -0.1) is 0 Å². The van der Waals surface area contributed by atoms with Crippen molar-refractivity contribution in [3.8, 4) is 5.69 Å². The molecule has 7 nitrogen and oxygen atoms in total. The minimum Gasteiger partial charge on any atom is -0.479 e. The predicted octanol–water partition coefficient (Wildman–Crippen LogP) is 5.03. The number of rotatable bonds is 6. The van der Waals surface area contributed by atoms with Crippen LogP contribution in [0, 0.1) is 5.82 Å². The Labute approximate surface area is 194 Å². The average Bonchev–Trinajstić information content (AvgIpc) is 3.48. The maximum atomic E-state index is 15.2. The number of aliphatic carboxylic acids is 1. The summed E-state index contributed by atoms with van der Waals surface area (Å²) < 4.78 is 36.6. The Morgan fingerprint density at radius 1 is 1.35 bits per heavy atom. The molecule has 0 aliphatic heterocycles. The van der Waals surface area contributed by atoms with Crippen LogP contribution in [0.25, 0.3) is 27.8 Å². The van der Waals surface area contributed by atoms with Crippen LogP contribution in [0.5, 0.6) is 0 Å². The van der Waals surface area contributed by atoms with Gasteiger partial charge in [0.2, 0.25) is 5.67 Å². The number of hydrogen-bond donors (Lipinski definition) is 2. The molecule has 4 aromatic rings. The first-order valence-corrected chi connectivity index (χ1v) is 11.2. The van der Waals surface area contributed by atoms with E-state index in [2.05, 4.69) is 10.2 Å². The van der Waals surface area contributed by atoms with Gasteiger partial charge < -0.3 is 14.4 Å². The van der Waals surface area contributed by atoms with Gasteiger partial charge in [-0.3, -0.25) is 5.10 Å². The summed E-state index contributed by atoms with van der Waals surface area (Å²) in [6.07, 6.45) is 1.86. The number of carboxylic acids is 1. The van der Waals surface area contributed by atoms with Gasteiger partial charge >= 0.3 is 5.97 Å². The fourth-order valence-electron chi connectivity index (χ4n) is 5.37. The molecule has 34 heavy (non-hydrogen) atoms. The Morgan fingerprint density at radius 3 is 2.74 bits per heavy atom. The van der Waals surface area contributed by atoms with Gasteiger partial charge in [0.25, 0.3) is 0 Å². The van der Waals surface area contributed by atoms with E-state index in [0.717, 1.165) is 27.8 Å². The molecule has 0 saturated heterocycles. The molecule has 178 valence electrons. The van der Waals surface area contributed by atoms with Crippen LogP contribution in [0.1, 0.15) is 50.3 Å². The zero-order valence-electron chi connectivity index (χ0n) is 19.2. The Morgan fingerprint density at radius 2 is 2.09 bits per heavy atom. The maximum absolute atomic E-state index is 15.2. The van der Waals surface area contributed by atoms with E-state index < -0.39 is 17.1 Å². The highest BCUT2D eigenvalue weighted by Gasteiger charge is 2.49. The van der Waals surface area contributed by atoms with Crippen LogP contribution in [0.4, 0.5) is 8.78 Å². The molecule has 2 atom stereocenters. The van der Waals surface area contributed by atoms with Crippen molar-refractivity contribution < 1.29 is 23.4 Å². The first-order valence-electron chi connectivity index (χ1n) is 11.2. The van der Waals surface area contributed by atoms with Crippen molar-refractivity contribution in [3.05, 3.63) is 53.6 Å². The molecule has 1 fully saturated rings. The lowest BCUT2D eigenvalue weighted by Crippen LogP contribution is -2.31. The van der Waals surface area contributed by atoms with Crippen molar-refractivity contribution in [2.24, 2.45) is 0 Å². The van der Waals surface area contributed by atoms with Gasteiger partial charge in [-0.1, -0.05) is 13.8 Å². The van der Waals surface area contributed by atoms with Crippen LogP contribution in [0.2, 0.25) is 0 Å². The van der Waals surface area contributed by atoms with E-state index in [4.69, 9.17) is 9.72 Å². The third-order valence-corrected chi connectivity index (χ3v) is 6.86. The molecule has 1 saturated carbocycles.